The molecule has 0 aliphatic heterocycles. The van der Waals surface area contributed by atoms with Crippen molar-refractivity contribution in [2.45, 2.75) is 13.0 Å². The average molecular weight is 256 g/mol. The summed E-state index contributed by atoms with van der Waals surface area (Å²) >= 11 is 0. The summed E-state index contributed by atoms with van der Waals surface area (Å²) in [7, 11) is 2.96. The molecule has 1 aromatic carbocycles. The number of amides is 2. The van der Waals surface area contributed by atoms with Crippen molar-refractivity contribution >= 4 is 11.7 Å². The Hall–Kier alpha value is -1.82. The number of carbonyl (C=O) groups is 1. The van der Waals surface area contributed by atoms with Gasteiger partial charge in [-0.15, -0.1) is 0 Å². The molecule has 2 amide bonds. The fourth-order valence-corrected chi connectivity index (χ4v) is 1.29. The Kier molecular flexibility index (Phi) is 4.91. The van der Waals surface area contributed by atoms with Gasteiger partial charge in [0.1, 0.15) is 11.6 Å². The maximum absolute atomic E-state index is 13.0. The first kappa shape index (κ1) is 14.2. The Bertz CT molecular complexity index is 426. The zero-order valence-electron chi connectivity index (χ0n) is 10.6. The van der Waals surface area contributed by atoms with Crippen LogP contribution in [0.3, 0.4) is 0 Å². The summed E-state index contributed by atoms with van der Waals surface area (Å²) in [5.41, 5.74) is 0.376. The SMILES string of the molecule is COc1cc(F)ccc1NC(=O)N(C)C(C)CO. The Balaban J connectivity index is 2.81. The van der Waals surface area contributed by atoms with E-state index in [9.17, 15) is 9.18 Å². The molecule has 0 radical (unpaired) electrons. The molecule has 1 unspecified atom stereocenters. The third-order valence-electron chi connectivity index (χ3n) is 2.65. The van der Waals surface area contributed by atoms with E-state index in [-0.39, 0.29) is 18.4 Å². The second-order valence-corrected chi connectivity index (χ2v) is 3.92. The molecule has 18 heavy (non-hydrogen) atoms. The quantitative estimate of drug-likeness (QED) is 0.861. The summed E-state index contributed by atoms with van der Waals surface area (Å²) in [6.07, 6.45) is 0. The maximum atomic E-state index is 13.0. The van der Waals surface area contributed by atoms with Gasteiger partial charge in [0, 0.05) is 13.1 Å². The van der Waals surface area contributed by atoms with Crippen LogP contribution in [0.5, 0.6) is 5.75 Å². The lowest BCUT2D eigenvalue weighted by Crippen LogP contribution is -2.40. The Morgan fingerprint density at radius 1 is 1.61 bits per heavy atom. The number of halogens is 1. The standard InChI is InChI=1S/C12H17FN2O3/c1-8(7-16)15(2)12(17)14-10-5-4-9(13)6-11(10)18-3/h4-6,8,16H,7H2,1-3H3,(H,14,17). The Labute approximate surface area is 105 Å². The third-order valence-corrected chi connectivity index (χ3v) is 2.65. The fraction of sp³-hybridized carbons (Fsp3) is 0.417. The molecule has 0 bridgehead atoms. The van der Waals surface area contributed by atoms with Crippen LogP contribution in [0.4, 0.5) is 14.9 Å². The molecule has 6 heteroatoms. The minimum Gasteiger partial charge on any atom is -0.494 e. The summed E-state index contributed by atoms with van der Waals surface area (Å²) in [5.74, 6) is -0.199. The minimum absolute atomic E-state index is 0.134. The molecule has 100 valence electrons. The van der Waals surface area contributed by atoms with Crippen LogP contribution in [0, 0.1) is 5.82 Å². The van der Waals surface area contributed by atoms with Crippen molar-refractivity contribution in [3.8, 4) is 5.75 Å². The normalized spacial score (nSPS) is 11.8. The molecule has 0 saturated heterocycles. The van der Waals surface area contributed by atoms with Crippen LogP contribution in [0.2, 0.25) is 0 Å². The van der Waals surface area contributed by atoms with E-state index in [1.165, 1.54) is 30.2 Å². The molecule has 1 atom stereocenters. The van der Waals surface area contributed by atoms with E-state index in [2.05, 4.69) is 5.32 Å². The predicted molar refractivity (Wildman–Crippen MR) is 66.3 cm³/mol. The van der Waals surface area contributed by atoms with Crippen molar-refractivity contribution in [2.75, 3.05) is 26.1 Å². The maximum Gasteiger partial charge on any atom is 0.322 e. The lowest BCUT2D eigenvalue weighted by molar-refractivity contribution is 0.166. The number of carbonyl (C=O) groups excluding carboxylic acids is 1. The second-order valence-electron chi connectivity index (χ2n) is 3.92. The van der Waals surface area contributed by atoms with Crippen molar-refractivity contribution in [2.24, 2.45) is 0 Å². The van der Waals surface area contributed by atoms with E-state index in [0.29, 0.717) is 5.69 Å². The van der Waals surface area contributed by atoms with Crippen LogP contribution in [-0.2, 0) is 0 Å². The van der Waals surface area contributed by atoms with E-state index >= 15 is 0 Å². The number of hydrogen-bond donors (Lipinski definition) is 2. The monoisotopic (exact) mass is 256 g/mol. The summed E-state index contributed by atoms with van der Waals surface area (Å²) < 4.78 is 17.9. The largest absolute Gasteiger partial charge is 0.494 e. The van der Waals surface area contributed by atoms with Crippen molar-refractivity contribution in [3.63, 3.8) is 0 Å². The van der Waals surface area contributed by atoms with Crippen LogP contribution >= 0.6 is 0 Å². The van der Waals surface area contributed by atoms with E-state index in [1.807, 2.05) is 0 Å². The minimum atomic E-state index is -0.443. The molecule has 1 aromatic rings. The number of ether oxygens (including phenoxy) is 1. The van der Waals surface area contributed by atoms with Crippen LogP contribution < -0.4 is 10.1 Å². The van der Waals surface area contributed by atoms with E-state index in [1.54, 1.807) is 14.0 Å². The number of methoxy groups -OCH3 is 1. The molecule has 5 nitrogen and oxygen atoms in total. The number of nitrogens with zero attached hydrogens (tertiary/aromatic N) is 1. The number of aliphatic hydroxyl groups is 1. The number of anilines is 1. The highest BCUT2D eigenvalue weighted by molar-refractivity contribution is 5.91. The topological polar surface area (TPSA) is 61.8 Å². The lowest BCUT2D eigenvalue weighted by atomic mass is 10.3. The molecule has 0 aliphatic rings. The van der Waals surface area contributed by atoms with Crippen LogP contribution in [0.15, 0.2) is 18.2 Å². The predicted octanol–water partition coefficient (Wildman–Crippen LogP) is 1.68. The van der Waals surface area contributed by atoms with Crippen LogP contribution in [0.1, 0.15) is 6.92 Å². The smallest absolute Gasteiger partial charge is 0.322 e. The van der Waals surface area contributed by atoms with E-state index in [4.69, 9.17) is 9.84 Å². The van der Waals surface area contributed by atoms with E-state index in [0.717, 1.165) is 0 Å². The van der Waals surface area contributed by atoms with Crippen molar-refractivity contribution in [1.29, 1.82) is 0 Å². The van der Waals surface area contributed by atoms with Crippen molar-refractivity contribution in [1.82, 2.24) is 4.90 Å². The molecule has 0 heterocycles. The van der Waals surface area contributed by atoms with Crippen molar-refractivity contribution in [3.05, 3.63) is 24.0 Å². The molecule has 0 aliphatic carbocycles. The van der Waals surface area contributed by atoms with Gasteiger partial charge in [0.05, 0.1) is 25.4 Å². The van der Waals surface area contributed by atoms with Crippen LogP contribution in [-0.4, -0.2) is 42.8 Å². The summed E-state index contributed by atoms with van der Waals surface area (Å²) in [6, 6.07) is 3.13. The zero-order valence-corrected chi connectivity index (χ0v) is 10.6. The number of urea groups is 1. The van der Waals surface area contributed by atoms with Gasteiger partial charge >= 0.3 is 6.03 Å². The van der Waals surface area contributed by atoms with Gasteiger partial charge < -0.3 is 20.1 Å². The second kappa shape index (κ2) is 6.20. The number of rotatable bonds is 4. The molecule has 1 rings (SSSR count). The Morgan fingerprint density at radius 3 is 2.83 bits per heavy atom. The molecule has 2 N–H and O–H groups in total. The van der Waals surface area contributed by atoms with Gasteiger partial charge in [0.25, 0.3) is 0 Å². The number of benzene rings is 1. The van der Waals surface area contributed by atoms with Crippen molar-refractivity contribution < 1.29 is 19.0 Å². The Morgan fingerprint density at radius 2 is 2.28 bits per heavy atom. The van der Waals surface area contributed by atoms with Crippen LogP contribution in [0.25, 0.3) is 0 Å². The molecular weight excluding hydrogens is 239 g/mol. The summed E-state index contributed by atoms with van der Waals surface area (Å²) in [5, 5.41) is 11.5. The van der Waals surface area contributed by atoms with Gasteiger partial charge in [-0.2, -0.15) is 0 Å². The molecular formula is C12H17FN2O3. The molecule has 0 saturated carbocycles. The van der Waals surface area contributed by atoms with Gasteiger partial charge in [-0.1, -0.05) is 0 Å². The first-order valence-corrected chi connectivity index (χ1v) is 5.47. The summed E-state index contributed by atoms with van der Waals surface area (Å²) in [4.78, 5) is 13.2. The van der Waals surface area contributed by atoms with E-state index < -0.39 is 11.8 Å². The first-order valence-electron chi connectivity index (χ1n) is 5.47. The highest BCUT2D eigenvalue weighted by Crippen LogP contribution is 2.25. The number of nitrogens with one attached hydrogen (secondary N) is 1. The number of likely N-dealkylation sites (N-methyl/N-ethyl adjacent to an activating group) is 1. The van der Waals surface area contributed by atoms with Gasteiger partial charge in [-0.05, 0) is 19.1 Å². The molecule has 0 fully saturated rings. The van der Waals surface area contributed by atoms with Gasteiger partial charge in [0.15, 0.2) is 0 Å². The number of aliphatic hydroxyl groups excluding tert-OH is 1. The third kappa shape index (κ3) is 3.33. The van der Waals surface area contributed by atoms with Gasteiger partial charge in [0.2, 0.25) is 0 Å². The zero-order chi connectivity index (χ0) is 13.7. The van der Waals surface area contributed by atoms with Gasteiger partial charge in [-0.25, -0.2) is 9.18 Å². The lowest BCUT2D eigenvalue weighted by Gasteiger charge is -2.23. The number of hydrogen-bond acceptors (Lipinski definition) is 3. The highest BCUT2D eigenvalue weighted by Gasteiger charge is 2.16. The highest BCUT2D eigenvalue weighted by atomic mass is 19.1. The van der Waals surface area contributed by atoms with Gasteiger partial charge in [-0.3, -0.25) is 0 Å². The molecule has 0 spiro atoms. The average Bonchev–Trinajstić information content (AvgIpc) is 2.38. The first-order chi connectivity index (χ1) is 8.49. The molecule has 0 aromatic heterocycles. The fourth-order valence-electron chi connectivity index (χ4n) is 1.29. The summed E-state index contributed by atoms with van der Waals surface area (Å²) in [6.45, 7) is 1.58.